The predicted octanol–water partition coefficient (Wildman–Crippen LogP) is 6.09. The van der Waals surface area contributed by atoms with Gasteiger partial charge in [-0.15, -0.1) is 0 Å². The fourth-order valence-corrected chi connectivity index (χ4v) is 1.71. The molecule has 2 aromatic rings. The monoisotopic (exact) mass is 267 g/mol. The molecule has 0 bridgehead atoms. The number of benzene rings is 1. The molecule has 1 heterocycles. The molecule has 0 aliphatic heterocycles. The SMILES string of the molecule is C=Cc1ccnc(-c2ccccc2)c1C=C.CC.CC. The van der Waals surface area contributed by atoms with Crippen LogP contribution in [0.5, 0.6) is 0 Å². The van der Waals surface area contributed by atoms with Crippen LogP contribution < -0.4 is 0 Å². The van der Waals surface area contributed by atoms with Gasteiger partial charge in [0.2, 0.25) is 0 Å². The van der Waals surface area contributed by atoms with Gasteiger partial charge in [-0.3, -0.25) is 4.98 Å². The van der Waals surface area contributed by atoms with Gasteiger partial charge in [-0.05, 0) is 11.6 Å². The summed E-state index contributed by atoms with van der Waals surface area (Å²) < 4.78 is 0. The minimum atomic E-state index is 0.952. The second-order valence-corrected chi connectivity index (χ2v) is 3.44. The summed E-state index contributed by atoms with van der Waals surface area (Å²) in [5.74, 6) is 0. The summed E-state index contributed by atoms with van der Waals surface area (Å²) in [4.78, 5) is 4.41. The van der Waals surface area contributed by atoms with Crippen LogP contribution in [0.2, 0.25) is 0 Å². The van der Waals surface area contributed by atoms with Crippen molar-refractivity contribution >= 4 is 12.2 Å². The highest BCUT2D eigenvalue weighted by molar-refractivity contribution is 5.77. The van der Waals surface area contributed by atoms with Crippen molar-refractivity contribution in [1.82, 2.24) is 4.98 Å². The quantitative estimate of drug-likeness (QED) is 0.656. The standard InChI is InChI=1S/C15H13N.2C2H6/c1-3-12-10-11-16-15(14(12)4-2)13-8-6-5-7-9-13;2*1-2/h3-11H,1-2H2;2*1-2H3. The van der Waals surface area contributed by atoms with Gasteiger partial charge in [0.1, 0.15) is 0 Å². The van der Waals surface area contributed by atoms with E-state index in [1.807, 2.05) is 76.2 Å². The number of rotatable bonds is 3. The van der Waals surface area contributed by atoms with Gasteiger partial charge in [-0.2, -0.15) is 0 Å². The summed E-state index contributed by atoms with van der Waals surface area (Å²) in [5.41, 5.74) is 4.14. The molecule has 0 fully saturated rings. The Labute approximate surface area is 123 Å². The van der Waals surface area contributed by atoms with Gasteiger partial charge in [0.05, 0.1) is 5.69 Å². The van der Waals surface area contributed by atoms with Crippen molar-refractivity contribution in [2.45, 2.75) is 27.7 Å². The maximum absolute atomic E-state index is 4.41. The molecule has 0 radical (unpaired) electrons. The van der Waals surface area contributed by atoms with Crippen molar-refractivity contribution in [3.8, 4) is 11.3 Å². The average molecular weight is 267 g/mol. The zero-order valence-corrected chi connectivity index (χ0v) is 13.1. The Morgan fingerprint density at radius 1 is 0.850 bits per heavy atom. The van der Waals surface area contributed by atoms with Crippen LogP contribution in [0.4, 0.5) is 0 Å². The minimum Gasteiger partial charge on any atom is -0.256 e. The lowest BCUT2D eigenvalue weighted by Gasteiger charge is -2.07. The van der Waals surface area contributed by atoms with Crippen LogP contribution in [0.1, 0.15) is 38.8 Å². The lowest BCUT2D eigenvalue weighted by atomic mass is 10.0. The first-order chi connectivity index (χ1) is 9.86. The van der Waals surface area contributed by atoms with E-state index < -0.39 is 0 Å². The average Bonchev–Trinajstić information content (AvgIpc) is 2.58. The summed E-state index contributed by atoms with van der Waals surface area (Å²) in [6.07, 6.45) is 5.45. The molecule has 20 heavy (non-hydrogen) atoms. The molecule has 0 atom stereocenters. The Balaban J connectivity index is 0.000000829. The van der Waals surface area contributed by atoms with Gasteiger partial charge < -0.3 is 0 Å². The van der Waals surface area contributed by atoms with Crippen molar-refractivity contribution in [2.24, 2.45) is 0 Å². The molecular weight excluding hydrogens is 242 g/mol. The highest BCUT2D eigenvalue weighted by Crippen LogP contribution is 2.25. The maximum atomic E-state index is 4.41. The summed E-state index contributed by atoms with van der Waals surface area (Å²) in [5, 5.41) is 0. The number of hydrogen-bond donors (Lipinski definition) is 0. The third-order valence-corrected chi connectivity index (χ3v) is 2.50. The highest BCUT2D eigenvalue weighted by atomic mass is 14.7. The second-order valence-electron chi connectivity index (χ2n) is 3.44. The van der Waals surface area contributed by atoms with Crippen molar-refractivity contribution in [1.29, 1.82) is 0 Å². The highest BCUT2D eigenvalue weighted by Gasteiger charge is 2.06. The van der Waals surface area contributed by atoms with Gasteiger partial charge in [0.15, 0.2) is 0 Å². The Morgan fingerprint density at radius 3 is 1.95 bits per heavy atom. The molecule has 1 aromatic heterocycles. The van der Waals surface area contributed by atoms with E-state index in [-0.39, 0.29) is 0 Å². The number of hydrogen-bond acceptors (Lipinski definition) is 1. The third-order valence-electron chi connectivity index (χ3n) is 2.50. The Bertz CT molecular complexity index is 513. The lowest BCUT2D eigenvalue weighted by Crippen LogP contribution is -1.90. The molecule has 2 rings (SSSR count). The first-order valence-electron chi connectivity index (χ1n) is 7.16. The molecule has 1 aromatic carbocycles. The zero-order chi connectivity index (χ0) is 15.4. The van der Waals surface area contributed by atoms with Crippen LogP contribution in [0.3, 0.4) is 0 Å². The topological polar surface area (TPSA) is 12.9 Å². The van der Waals surface area contributed by atoms with Crippen LogP contribution in [-0.2, 0) is 0 Å². The Morgan fingerprint density at radius 2 is 1.45 bits per heavy atom. The van der Waals surface area contributed by atoms with E-state index in [2.05, 4.69) is 18.1 Å². The van der Waals surface area contributed by atoms with Crippen LogP contribution in [-0.4, -0.2) is 4.98 Å². The van der Waals surface area contributed by atoms with Crippen LogP contribution >= 0.6 is 0 Å². The first kappa shape index (κ1) is 17.8. The molecule has 0 saturated heterocycles. The van der Waals surface area contributed by atoms with E-state index in [0.29, 0.717) is 0 Å². The Kier molecular flexibility index (Phi) is 9.59. The molecule has 0 amide bonds. The van der Waals surface area contributed by atoms with Crippen molar-refractivity contribution < 1.29 is 0 Å². The van der Waals surface area contributed by atoms with E-state index in [4.69, 9.17) is 0 Å². The molecule has 1 heteroatoms. The van der Waals surface area contributed by atoms with E-state index in [1.54, 1.807) is 6.20 Å². The molecule has 0 N–H and O–H groups in total. The normalized spacial score (nSPS) is 8.40. The van der Waals surface area contributed by atoms with Crippen LogP contribution in [0.15, 0.2) is 55.8 Å². The summed E-state index contributed by atoms with van der Waals surface area (Å²) in [7, 11) is 0. The first-order valence-corrected chi connectivity index (χ1v) is 7.16. The Hall–Kier alpha value is -2.15. The molecule has 0 aliphatic rings. The predicted molar refractivity (Wildman–Crippen MR) is 92.6 cm³/mol. The summed E-state index contributed by atoms with van der Waals surface area (Å²) >= 11 is 0. The van der Waals surface area contributed by atoms with Gasteiger partial charge in [0, 0.05) is 17.3 Å². The van der Waals surface area contributed by atoms with Gasteiger partial charge >= 0.3 is 0 Å². The van der Waals surface area contributed by atoms with E-state index in [9.17, 15) is 0 Å². The fraction of sp³-hybridized carbons (Fsp3) is 0.211. The minimum absolute atomic E-state index is 0.952. The van der Waals surface area contributed by atoms with Crippen LogP contribution in [0.25, 0.3) is 23.4 Å². The van der Waals surface area contributed by atoms with E-state index in [0.717, 1.165) is 22.4 Å². The molecule has 0 unspecified atom stereocenters. The molecular formula is C19H25N. The molecule has 0 saturated carbocycles. The molecule has 1 nitrogen and oxygen atoms in total. The largest absolute Gasteiger partial charge is 0.256 e. The van der Waals surface area contributed by atoms with Crippen molar-refractivity contribution in [3.05, 3.63) is 66.9 Å². The summed E-state index contributed by atoms with van der Waals surface area (Å²) in [6.45, 7) is 15.6. The molecule has 106 valence electrons. The molecule has 0 spiro atoms. The van der Waals surface area contributed by atoms with E-state index >= 15 is 0 Å². The van der Waals surface area contributed by atoms with Crippen molar-refractivity contribution in [3.63, 3.8) is 0 Å². The number of nitrogens with zero attached hydrogens (tertiary/aromatic N) is 1. The van der Waals surface area contributed by atoms with Gasteiger partial charge in [-0.25, -0.2) is 0 Å². The van der Waals surface area contributed by atoms with Crippen molar-refractivity contribution in [2.75, 3.05) is 0 Å². The number of aromatic nitrogens is 1. The van der Waals surface area contributed by atoms with Crippen LogP contribution in [0, 0.1) is 0 Å². The number of pyridine rings is 1. The van der Waals surface area contributed by atoms with Gasteiger partial charge in [0.25, 0.3) is 0 Å². The summed E-state index contributed by atoms with van der Waals surface area (Å²) in [6, 6.07) is 12.0. The lowest BCUT2D eigenvalue weighted by molar-refractivity contribution is 1.31. The zero-order valence-electron chi connectivity index (χ0n) is 13.1. The maximum Gasteiger partial charge on any atom is 0.0780 e. The van der Waals surface area contributed by atoms with E-state index in [1.165, 1.54) is 0 Å². The molecule has 0 aliphatic carbocycles. The second kappa shape index (κ2) is 10.7. The van der Waals surface area contributed by atoms with Gasteiger partial charge in [-0.1, -0.05) is 83.3 Å². The smallest absolute Gasteiger partial charge is 0.0780 e. The fourth-order valence-electron chi connectivity index (χ4n) is 1.71. The third kappa shape index (κ3) is 4.51.